The number of ether oxygens (including phenoxy) is 1. The summed E-state index contributed by atoms with van der Waals surface area (Å²) < 4.78 is 7.37. The summed E-state index contributed by atoms with van der Waals surface area (Å²) in [6.45, 7) is 8.80. The highest BCUT2D eigenvalue weighted by Crippen LogP contribution is 1.91. The van der Waals surface area contributed by atoms with Gasteiger partial charge in [0.1, 0.15) is 0 Å². The highest BCUT2D eigenvalue weighted by molar-refractivity contribution is 4.78. The Kier molecular flexibility index (Phi) is 5.36. The third-order valence-corrected chi connectivity index (χ3v) is 2.07. The molecule has 0 amide bonds. The van der Waals surface area contributed by atoms with Crippen LogP contribution in [0.5, 0.6) is 0 Å². The molecule has 0 aliphatic heterocycles. The Hall–Kier alpha value is -0.870. The SMILES string of the molecule is CC(C)OCCN[C@H](C)Cn1cccn1. The van der Waals surface area contributed by atoms with Crippen LogP contribution in [0.15, 0.2) is 18.5 Å². The minimum Gasteiger partial charge on any atom is -0.377 e. The molecule has 1 aromatic rings. The Morgan fingerprint density at radius 3 is 2.80 bits per heavy atom. The van der Waals surface area contributed by atoms with Crippen molar-refractivity contribution in [2.75, 3.05) is 13.2 Å². The molecular weight excluding hydrogens is 190 g/mol. The lowest BCUT2D eigenvalue weighted by molar-refractivity contribution is 0.0792. The average Bonchev–Trinajstić information content (AvgIpc) is 2.64. The Labute approximate surface area is 91.6 Å². The van der Waals surface area contributed by atoms with Crippen molar-refractivity contribution in [3.63, 3.8) is 0 Å². The van der Waals surface area contributed by atoms with Gasteiger partial charge >= 0.3 is 0 Å². The molecule has 0 aliphatic carbocycles. The summed E-state index contributed by atoms with van der Waals surface area (Å²) in [6.07, 6.45) is 4.09. The number of hydrogen-bond acceptors (Lipinski definition) is 3. The number of rotatable bonds is 7. The fraction of sp³-hybridized carbons (Fsp3) is 0.727. The second-order valence-corrected chi connectivity index (χ2v) is 4.00. The Balaban J connectivity index is 2.06. The highest BCUT2D eigenvalue weighted by Gasteiger charge is 2.02. The summed E-state index contributed by atoms with van der Waals surface area (Å²) in [5.74, 6) is 0. The fourth-order valence-electron chi connectivity index (χ4n) is 1.35. The fourth-order valence-corrected chi connectivity index (χ4v) is 1.35. The van der Waals surface area contributed by atoms with Crippen LogP contribution in [0.3, 0.4) is 0 Å². The minimum atomic E-state index is 0.313. The van der Waals surface area contributed by atoms with E-state index in [1.165, 1.54) is 0 Å². The van der Waals surface area contributed by atoms with Gasteiger partial charge in [-0.1, -0.05) is 0 Å². The lowest BCUT2D eigenvalue weighted by atomic mass is 10.3. The summed E-state index contributed by atoms with van der Waals surface area (Å²) in [4.78, 5) is 0. The standard InChI is InChI=1S/C11H21N3O/c1-10(2)15-8-6-12-11(3)9-14-7-4-5-13-14/h4-5,7,10-12H,6,8-9H2,1-3H3/t11-/m1/s1. The lowest BCUT2D eigenvalue weighted by Gasteiger charge is -2.14. The van der Waals surface area contributed by atoms with Crippen LogP contribution in [-0.4, -0.2) is 35.1 Å². The van der Waals surface area contributed by atoms with Gasteiger partial charge in [-0.25, -0.2) is 0 Å². The largest absolute Gasteiger partial charge is 0.377 e. The van der Waals surface area contributed by atoms with Gasteiger partial charge in [0.2, 0.25) is 0 Å². The molecule has 4 heteroatoms. The summed E-state index contributed by atoms with van der Waals surface area (Å²) in [5, 5.41) is 7.55. The van der Waals surface area contributed by atoms with E-state index in [0.29, 0.717) is 12.1 Å². The van der Waals surface area contributed by atoms with Gasteiger partial charge in [-0.05, 0) is 26.8 Å². The molecule has 0 spiro atoms. The molecular formula is C11H21N3O. The van der Waals surface area contributed by atoms with Crippen LogP contribution in [0.2, 0.25) is 0 Å². The van der Waals surface area contributed by atoms with Gasteiger partial charge in [0.05, 0.1) is 19.3 Å². The summed E-state index contributed by atoms with van der Waals surface area (Å²) in [7, 11) is 0. The van der Waals surface area contributed by atoms with Gasteiger partial charge in [-0.3, -0.25) is 4.68 Å². The topological polar surface area (TPSA) is 39.1 Å². The number of nitrogens with zero attached hydrogens (tertiary/aromatic N) is 2. The van der Waals surface area contributed by atoms with Crippen molar-refractivity contribution in [1.29, 1.82) is 0 Å². The molecule has 0 aromatic carbocycles. The molecule has 15 heavy (non-hydrogen) atoms. The normalized spacial score (nSPS) is 13.3. The van der Waals surface area contributed by atoms with Crippen molar-refractivity contribution in [1.82, 2.24) is 15.1 Å². The second-order valence-electron chi connectivity index (χ2n) is 4.00. The average molecular weight is 211 g/mol. The molecule has 4 nitrogen and oxygen atoms in total. The minimum absolute atomic E-state index is 0.313. The molecule has 86 valence electrons. The van der Waals surface area contributed by atoms with E-state index in [9.17, 15) is 0 Å². The summed E-state index contributed by atoms with van der Waals surface area (Å²) in [6, 6.07) is 2.36. The molecule has 1 atom stereocenters. The molecule has 1 heterocycles. The van der Waals surface area contributed by atoms with Gasteiger partial charge in [0.15, 0.2) is 0 Å². The number of nitrogens with one attached hydrogen (secondary N) is 1. The van der Waals surface area contributed by atoms with Crippen molar-refractivity contribution in [2.24, 2.45) is 0 Å². The Bertz CT molecular complexity index is 246. The predicted molar refractivity (Wildman–Crippen MR) is 60.8 cm³/mol. The first-order valence-corrected chi connectivity index (χ1v) is 5.51. The summed E-state index contributed by atoms with van der Waals surface area (Å²) in [5.41, 5.74) is 0. The molecule has 0 radical (unpaired) electrons. The van der Waals surface area contributed by atoms with E-state index in [1.807, 2.05) is 30.8 Å². The first kappa shape index (κ1) is 12.2. The molecule has 1 rings (SSSR count). The van der Waals surface area contributed by atoms with Gasteiger partial charge in [-0.2, -0.15) is 5.10 Å². The molecule has 0 unspecified atom stereocenters. The van der Waals surface area contributed by atoms with Crippen LogP contribution in [-0.2, 0) is 11.3 Å². The molecule has 0 saturated heterocycles. The molecule has 0 bridgehead atoms. The zero-order chi connectivity index (χ0) is 11.1. The lowest BCUT2D eigenvalue weighted by Crippen LogP contribution is -2.33. The van der Waals surface area contributed by atoms with E-state index < -0.39 is 0 Å². The zero-order valence-electron chi connectivity index (χ0n) is 9.81. The third kappa shape index (κ3) is 5.54. The first-order valence-electron chi connectivity index (χ1n) is 5.51. The second kappa shape index (κ2) is 6.58. The molecule has 0 fully saturated rings. The first-order chi connectivity index (χ1) is 7.18. The quantitative estimate of drug-likeness (QED) is 0.691. The van der Waals surface area contributed by atoms with Crippen LogP contribution in [0.4, 0.5) is 0 Å². The Morgan fingerprint density at radius 1 is 1.40 bits per heavy atom. The zero-order valence-corrected chi connectivity index (χ0v) is 9.81. The van der Waals surface area contributed by atoms with Crippen molar-refractivity contribution in [3.05, 3.63) is 18.5 Å². The van der Waals surface area contributed by atoms with Crippen LogP contribution in [0, 0.1) is 0 Å². The van der Waals surface area contributed by atoms with Crippen LogP contribution in [0.25, 0.3) is 0 Å². The van der Waals surface area contributed by atoms with E-state index in [2.05, 4.69) is 17.3 Å². The number of aromatic nitrogens is 2. The molecule has 0 aliphatic rings. The smallest absolute Gasteiger partial charge is 0.0594 e. The maximum absolute atomic E-state index is 5.44. The van der Waals surface area contributed by atoms with E-state index in [1.54, 1.807) is 6.20 Å². The van der Waals surface area contributed by atoms with Crippen molar-refractivity contribution >= 4 is 0 Å². The van der Waals surface area contributed by atoms with Gasteiger partial charge < -0.3 is 10.1 Å². The maximum Gasteiger partial charge on any atom is 0.0594 e. The van der Waals surface area contributed by atoms with Crippen LogP contribution in [0.1, 0.15) is 20.8 Å². The monoisotopic (exact) mass is 211 g/mol. The molecule has 1 N–H and O–H groups in total. The van der Waals surface area contributed by atoms with Crippen molar-refractivity contribution in [2.45, 2.75) is 39.5 Å². The van der Waals surface area contributed by atoms with Crippen LogP contribution < -0.4 is 5.32 Å². The molecule has 0 saturated carbocycles. The predicted octanol–water partition coefficient (Wildman–Crippen LogP) is 1.29. The van der Waals surface area contributed by atoms with Crippen molar-refractivity contribution in [3.8, 4) is 0 Å². The van der Waals surface area contributed by atoms with Crippen LogP contribution >= 0.6 is 0 Å². The number of hydrogen-bond donors (Lipinski definition) is 1. The summed E-state index contributed by atoms with van der Waals surface area (Å²) >= 11 is 0. The third-order valence-electron chi connectivity index (χ3n) is 2.07. The molecule has 1 aromatic heterocycles. The highest BCUT2D eigenvalue weighted by atomic mass is 16.5. The van der Waals surface area contributed by atoms with Gasteiger partial charge in [0, 0.05) is 25.0 Å². The van der Waals surface area contributed by atoms with E-state index in [-0.39, 0.29) is 0 Å². The van der Waals surface area contributed by atoms with Crippen molar-refractivity contribution < 1.29 is 4.74 Å². The van der Waals surface area contributed by atoms with Gasteiger partial charge in [-0.15, -0.1) is 0 Å². The Morgan fingerprint density at radius 2 is 2.20 bits per heavy atom. The van der Waals surface area contributed by atoms with E-state index in [4.69, 9.17) is 4.74 Å². The van der Waals surface area contributed by atoms with E-state index >= 15 is 0 Å². The van der Waals surface area contributed by atoms with E-state index in [0.717, 1.165) is 19.7 Å². The maximum atomic E-state index is 5.44. The van der Waals surface area contributed by atoms with Gasteiger partial charge in [0.25, 0.3) is 0 Å².